The molecule has 3 nitrogen and oxygen atoms in total. The minimum Gasteiger partial charge on any atom is -0.495 e. The van der Waals surface area contributed by atoms with Crippen LogP contribution in [0.4, 0.5) is 10.1 Å². The number of anilines is 1. The molecule has 2 aromatic rings. The summed E-state index contributed by atoms with van der Waals surface area (Å²) < 4.78 is 21.1. The lowest BCUT2D eigenvalue weighted by atomic mass is 10.2. The lowest BCUT2D eigenvalue weighted by Gasteiger charge is -2.12. The highest BCUT2D eigenvalue weighted by Gasteiger charge is 2.17. The summed E-state index contributed by atoms with van der Waals surface area (Å²) in [4.78, 5) is 12.3. The topological polar surface area (TPSA) is 38.3 Å². The molecule has 2 aromatic carbocycles. The van der Waals surface area contributed by atoms with E-state index in [1.165, 1.54) is 19.2 Å². The summed E-state index contributed by atoms with van der Waals surface area (Å²) in [5.41, 5.74) is 0.426. The van der Waals surface area contributed by atoms with Crippen LogP contribution in [-0.4, -0.2) is 13.0 Å². The average Bonchev–Trinajstić information content (AvgIpc) is 2.41. The van der Waals surface area contributed by atoms with Gasteiger partial charge in [0.1, 0.15) is 11.6 Å². The van der Waals surface area contributed by atoms with Crippen molar-refractivity contribution in [3.8, 4) is 5.75 Å². The van der Waals surface area contributed by atoms with E-state index in [0.29, 0.717) is 20.3 Å². The van der Waals surface area contributed by atoms with Crippen molar-refractivity contribution in [1.29, 1.82) is 0 Å². The van der Waals surface area contributed by atoms with Crippen molar-refractivity contribution in [2.75, 3.05) is 12.4 Å². The molecule has 110 valence electrons. The quantitative estimate of drug-likeness (QED) is 0.555. The van der Waals surface area contributed by atoms with E-state index in [0.717, 1.165) is 3.57 Å². The molecule has 2 rings (SSSR count). The number of carbonyl (C=O) groups excluding carboxylic acids is 1. The van der Waals surface area contributed by atoms with Gasteiger partial charge in [-0.3, -0.25) is 4.79 Å². The highest BCUT2D eigenvalue weighted by atomic mass is 127. The van der Waals surface area contributed by atoms with Gasteiger partial charge >= 0.3 is 0 Å². The normalized spacial score (nSPS) is 10.3. The summed E-state index contributed by atoms with van der Waals surface area (Å²) >= 11 is 8.64. The number of hydrogen-bond donors (Lipinski definition) is 1. The first-order chi connectivity index (χ1) is 9.92. The molecule has 1 amide bonds. The van der Waals surface area contributed by atoms with E-state index >= 15 is 0 Å². The number of halogens is 4. The second-order valence-corrected chi connectivity index (χ2v) is 7.06. The molecule has 7 heteroatoms. The van der Waals surface area contributed by atoms with Crippen LogP contribution in [0.25, 0.3) is 0 Å². The van der Waals surface area contributed by atoms with E-state index in [4.69, 9.17) is 4.74 Å². The highest BCUT2D eigenvalue weighted by Crippen LogP contribution is 2.33. The minimum atomic E-state index is -0.483. The molecule has 0 fully saturated rings. The number of carbonyl (C=O) groups is 1. The zero-order chi connectivity index (χ0) is 15.6. The molecule has 0 bridgehead atoms. The first kappa shape index (κ1) is 16.7. The predicted octanol–water partition coefficient (Wildman–Crippen LogP) is 5.22. The molecule has 0 aliphatic carbocycles. The van der Waals surface area contributed by atoms with Gasteiger partial charge in [0.25, 0.3) is 5.91 Å². The summed E-state index contributed by atoms with van der Waals surface area (Å²) in [6, 6.07) is 7.97. The van der Waals surface area contributed by atoms with Gasteiger partial charge in [0.2, 0.25) is 0 Å². The summed E-state index contributed by atoms with van der Waals surface area (Å²) in [7, 11) is 1.47. The van der Waals surface area contributed by atoms with Crippen LogP contribution in [0.15, 0.2) is 39.3 Å². The number of amides is 1. The molecule has 0 aliphatic heterocycles. The van der Waals surface area contributed by atoms with Crippen molar-refractivity contribution >= 4 is 66.0 Å². The van der Waals surface area contributed by atoms with Gasteiger partial charge in [-0.25, -0.2) is 4.39 Å². The fourth-order valence-electron chi connectivity index (χ4n) is 1.72. The predicted molar refractivity (Wildman–Crippen MR) is 95.5 cm³/mol. The lowest BCUT2D eigenvalue weighted by molar-refractivity contribution is 0.102. The van der Waals surface area contributed by atoms with Gasteiger partial charge in [-0.1, -0.05) is 15.9 Å². The Morgan fingerprint density at radius 2 is 2.00 bits per heavy atom. The van der Waals surface area contributed by atoms with Crippen LogP contribution >= 0.6 is 54.5 Å². The Kier molecular flexibility index (Phi) is 5.61. The van der Waals surface area contributed by atoms with Crippen LogP contribution in [0.2, 0.25) is 0 Å². The number of benzene rings is 2. The Labute approximate surface area is 151 Å². The van der Waals surface area contributed by atoms with Gasteiger partial charge in [-0.15, -0.1) is 0 Å². The SMILES string of the molecule is COc1c(Br)cc(Br)cc1C(=O)Nc1ccc(I)cc1F. The number of ether oxygens (including phenoxy) is 1. The molecule has 0 saturated carbocycles. The molecule has 0 saturated heterocycles. The third kappa shape index (κ3) is 3.95. The Hall–Kier alpha value is -0.670. The zero-order valence-electron chi connectivity index (χ0n) is 10.7. The largest absolute Gasteiger partial charge is 0.495 e. The molecule has 1 N–H and O–H groups in total. The van der Waals surface area contributed by atoms with Gasteiger partial charge in [0, 0.05) is 8.04 Å². The standard InChI is InChI=1S/C14H9Br2FINO2/c1-21-13-9(4-7(15)5-10(13)16)14(20)19-12-3-2-8(18)6-11(12)17/h2-6H,1H3,(H,19,20). The van der Waals surface area contributed by atoms with Crippen molar-refractivity contribution in [2.45, 2.75) is 0 Å². The fraction of sp³-hybridized carbons (Fsp3) is 0.0714. The number of nitrogens with one attached hydrogen (secondary N) is 1. The summed E-state index contributed by atoms with van der Waals surface area (Å²) in [5, 5.41) is 2.54. The zero-order valence-corrected chi connectivity index (χ0v) is 16.0. The molecular weight excluding hydrogens is 520 g/mol. The first-order valence-electron chi connectivity index (χ1n) is 5.72. The van der Waals surface area contributed by atoms with Gasteiger partial charge in [0.15, 0.2) is 0 Å². The molecule has 0 aromatic heterocycles. The molecule has 0 unspecified atom stereocenters. The molecule has 0 radical (unpaired) electrons. The van der Waals surface area contributed by atoms with Crippen molar-refractivity contribution in [3.05, 3.63) is 54.2 Å². The smallest absolute Gasteiger partial charge is 0.259 e. The first-order valence-corrected chi connectivity index (χ1v) is 8.38. The van der Waals surface area contributed by atoms with Gasteiger partial charge in [-0.05, 0) is 68.9 Å². The van der Waals surface area contributed by atoms with Crippen LogP contribution in [0.3, 0.4) is 0 Å². The highest BCUT2D eigenvalue weighted by molar-refractivity contribution is 14.1. The minimum absolute atomic E-state index is 0.124. The monoisotopic (exact) mass is 527 g/mol. The van der Waals surface area contributed by atoms with Crippen LogP contribution in [0.5, 0.6) is 5.75 Å². The van der Waals surface area contributed by atoms with E-state index in [2.05, 4.69) is 37.2 Å². The Morgan fingerprint density at radius 3 is 2.62 bits per heavy atom. The van der Waals surface area contributed by atoms with Gasteiger partial charge in [0.05, 0.1) is 22.8 Å². The fourth-order valence-corrected chi connectivity index (χ4v) is 3.56. The molecule has 21 heavy (non-hydrogen) atoms. The molecule has 0 atom stereocenters. The third-order valence-corrected chi connectivity index (χ3v) is 4.35. The number of hydrogen-bond acceptors (Lipinski definition) is 2. The summed E-state index contributed by atoms with van der Waals surface area (Å²) in [6.07, 6.45) is 0. The Balaban J connectivity index is 2.36. The third-order valence-electron chi connectivity index (χ3n) is 2.64. The molecular formula is C14H9Br2FINO2. The van der Waals surface area contributed by atoms with Crippen LogP contribution < -0.4 is 10.1 Å². The van der Waals surface area contributed by atoms with E-state index in [9.17, 15) is 9.18 Å². The van der Waals surface area contributed by atoms with Gasteiger partial charge in [-0.2, -0.15) is 0 Å². The number of methoxy groups -OCH3 is 1. The molecule has 0 spiro atoms. The van der Waals surface area contributed by atoms with Crippen molar-refractivity contribution < 1.29 is 13.9 Å². The van der Waals surface area contributed by atoms with E-state index < -0.39 is 11.7 Å². The Morgan fingerprint density at radius 1 is 1.29 bits per heavy atom. The second kappa shape index (κ2) is 7.06. The van der Waals surface area contributed by atoms with E-state index in [1.54, 1.807) is 18.2 Å². The maximum Gasteiger partial charge on any atom is 0.259 e. The maximum absolute atomic E-state index is 13.8. The van der Waals surface area contributed by atoms with Crippen LogP contribution in [0.1, 0.15) is 10.4 Å². The molecule has 0 aliphatic rings. The van der Waals surface area contributed by atoms with Gasteiger partial charge < -0.3 is 10.1 Å². The Bertz CT molecular complexity index is 710. The van der Waals surface area contributed by atoms with Crippen LogP contribution in [-0.2, 0) is 0 Å². The summed E-state index contributed by atoms with van der Waals surface area (Å²) in [6.45, 7) is 0. The van der Waals surface area contributed by atoms with E-state index in [1.807, 2.05) is 22.6 Å². The lowest BCUT2D eigenvalue weighted by Crippen LogP contribution is -2.14. The van der Waals surface area contributed by atoms with Crippen molar-refractivity contribution in [3.63, 3.8) is 0 Å². The number of rotatable bonds is 3. The molecule has 0 heterocycles. The summed E-state index contributed by atoms with van der Waals surface area (Å²) in [5.74, 6) is -0.543. The van der Waals surface area contributed by atoms with E-state index in [-0.39, 0.29) is 5.69 Å². The van der Waals surface area contributed by atoms with Crippen LogP contribution in [0, 0.1) is 9.39 Å². The maximum atomic E-state index is 13.8. The second-order valence-electron chi connectivity index (χ2n) is 4.05. The van der Waals surface area contributed by atoms with Crippen molar-refractivity contribution in [2.24, 2.45) is 0 Å². The average molecular weight is 529 g/mol. The van der Waals surface area contributed by atoms with Crippen molar-refractivity contribution in [1.82, 2.24) is 0 Å².